The minimum absolute atomic E-state index is 0.127. The molecule has 8 rings (SSSR count). The van der Waals surface area contributed by atoms with E-state index in [0.29, 0.717) is 43.2 Å². The second-order valence-electron chi connectivity index (χ2n) is 14.3. The van der Waals surface area contributed by atoms with Gasteiger partial charge in [-0.2, -0.15) is 0 Å². The van der Waals surface area contributed by atoms with Gasteiger partial charge in [-0.05, 0) is 79.8 Å². The van der Waals surface area contributed by atoms with Gasteiger partial charge in [0.2, 0.25) is 12.3 Å². The average Bonchev–Trinajstić information content (AvgIpc) is 3.84. The van der Waals surface area contributed by atoms with Gasteiger partial charge < -0.3 is 24.8 Å². The maximum atomic E-state index is 14.1. The molecule has 4 aromatic rings. The van der Waals surface area contributed by atoms with Crippen molar-refractivity contribution in [3.63, 3.8) is 0 Å². The maximum Gasteiger partial charge on any atom is 0.233 e. The Balaban J connectivity index is 1.05. The number of phenols is 1. The van der Waals surface area contributed by atoms with Crippen LogP contribution >= 0.6 is 0 Å². The Kier molecular flexibility index (Phi) is 6.74. The van der Waals surface area contributed by atoms with Gasteiger partial charge in [-0.1, -0.05) is 48.0 Å². The number of fused-ring (bicyclic) bond motifs is 5. The Labute approximate surface area is 280 Å². The fourth-order valence-corrected chi connectivity index (χ4v) is 7.99. The minimum atomic E-state index is -0.686. The Morgan fingerprint density at radius 1 is 1.08 bits per heavy atom. The predicted molar refractivity (Wildman–Crippen MR) is 188 cm³/mol. The van der Waals surface area contributed by atoms with Crippen LogP contribution < -0.4 is 19.7 Å². The summed E-state index contributed by atoms with van der Waals surface area (Å²) in [6, 6.07) is 19.9. The molecule has 2 amide bonds. The van der Waals surface area contributed by atoms with Crippen LogP contribution in [-0.4, -0.2) is 49.4 Å². The van der Waals surface area contributed by atoms with E-state index in [4.69, 9.17) is 14.5 Å². The first kappa shape index (κ1) is 30.2. The highest BCUT2D eigenvalue weighted by Gasteiger charge is 2.88. The first-order chi connectivity index (χ1) is 23.1. The molecule has 2 N–H and O–H groups in total. The molecule has 0 radical (unpaired) electrons. The molecule has 0 bridgehead atoms. The van der Waals surface area contributed by atoms with Crippen LogP contribution in [0.2, 0.25) is 0 Å². The van der Waals surface area contributed by atoms with E-state index in [1.54, 1.807) is 19.4 Å². The number of rotatable bonds is 8. The van der Waals surface area contributed by atoms with Gasteiger partial charge in [-0.3, -0.25) is 14.6 Å². The number of ether oxygens (including phenoxy) is 2. The van der Waals surface area contributed by atoms with E-state index < -0.39 is 11.0 Å². The van der Waals surface area contributed by atoms with Crippen molar-refractivity contribution < 1.29 is 24.2 Å². The predicted octanol–water partition coefficient (Wildman–Crippen LogP) is 7.07. The normalized spacial score (nSPS) is 24.8. The number of aryl methyl sites for hydroxylation is 2. The largest absolute Gasteiger partial charge is 0.507 e. The summed E-state index contributed by atoms with van der Waals surface area (Å²) in [5.74, 6) is 1.50. The second-order valence-corrected chi connectivity index (χ2v) is 14.3. The third kappa shape index (κ3) is 4.68. The molecule has 8 nitrogen and oxygen atoms in total. The van der Waals surface area contributed by atoms with E-state index in [-0.39, 0.29) is 17.1 Å². The third-order valence-electron chi connectivity index (χ3n) is 11.0. The van der Waals surface area contributed by atoms with Crippen molar-refractivity contribution in [2.24, 2.45) is 15.8 Å². The van der Waals surface area contributed by atoms with Gasteiger partial charge >= 0.3 is 0 Å². The van der Waals surface area contributed by atoms with E-state index in [1.807, 2.05) is 36.1 Å². The van der Waals surface area contributed by atoms with Crippen molar-refractivity contribution in [3.8, 4) is 17.2 Å². The summed E-state index contributed by atoms with van der Waals surface area (Å²) in [5.41, 5.74) is 6.66. The SMILES string of the molecule is COc1cc2c(cc1OCC13CC1(C(=O)N1CCc4c1cc(O)c1cccc(C)c41)C3)N=CC(C)(NC=O)CC(c1ccc(C)cc1)=C2. The number of anilines is 1. The first-order valence-corrected chi connectivity index (χ1v) is 16.5. The number of hydrogen-bond donors (Lipinski definition) is 2. The molecule has 0 saturated heterocycles. The number of amides is 2. The van der Waals surface area contributed by atoms with Gasteiger partial charge in [0.15, 0.2) is 11.5 Å². The number of carbonyl (C=O) groups excluding carboxylic acids is 2. The van der Waals surface area contributed by atoms with Crippen LogP contribution in [0.1, 0.15) is 54.0 Å². The van der Waals surface area contributed by atoms with Crippen molar-refractivity contribution in [1.29, 1.82) is 0 Å². The van der Waals surface area contributed by atoms with E-state index in [9.17, 15) is 14.7 Å². The summed E-state index contributed by atoms with van der Waals surface area (Å²) in [5, 5.41) is 15.7. The van der Waals surface area contributed by atoms with Crippen molar-refractivity contribution in [3.05, 3.63) is 88.5 Å². The van der Waals surface area contributed by atoms with Gasteiger partial charge in [0.25, 0.3) is 0 Å². The summed E-state index contributed by atoms with van der Waals surface area (Å²) >= 11 is 0. The van der Waals surface area contributed by atoms with Crippen LogP contribution in [0.15, 0.2) is 65.7 Å². The summed E-state index contributed by atoms with van der Waals surface area (Å²) in [7, 11) is 1.63. The monoisotopic (exact) mass is 641 g/mol. The number of phenolic OH excluding ortho intramolecular Hbond substituents is 1. The second kappa shape index (κ2) is 10.7. The molecule has 2 heterocycles. The third-order valence-corrected chi connectivity index (χ3v) is 11.0. The van der Waals surface area contributed by atoms with E-state index in [0.717, 1.165) is 63.5 Å². The molecule has 1 unspecified atom stereocenters. The highest BCUT2D eigenvalue weighted by atomic mass is 16.5. The fraction of sp³-hybridized carbons (Fsp3) is 0.325. The highest BCUT2D eigenvalue weighted by molar-refractivity contribution is 6.08. The topological polar surface area (TPSA) is 100 Å². The summed E-state index contributed by atoms with van der Waals surface area (Å²) in [6.45, 7) is 7.09. The van der Waals surface area contributed by atoms with Crippen LogP contribution in [0.3, 0.4) is 0 Å². The number of aromatic hydroxyl groups is 1. The summed E-state index contributed by atoms with van der Waals surface area (Å²) < 4.78 is 12.3. The molecule has 4 aromatic carbocycles. The van der Waals surface area contributed by atoms with Crippen LogP contribution in [0.5, 0.6) is 17.2 Å². The summed E-state index contributed by atoms with van der Waals surface area (Å²) in [6.07, 6.45) is 7.52. The van der Waals surface area contributed by atoms with Crippen LogP contribution in [0.4, 0.5) is 11.4 Å². The molecule has 0 spiro atoms. The minimum Gasteiger partial charge on any atom is -0.507 e. The Morgan fingerprint density at radius 2 is 1.88 bits per heavy atom. The van der Waals surface area contributed by atoms with Crippen LogP contribution in [-0.2, 0) is 16.0 Å². The standard InChI is InChI=1S/C40H39N3O5/c1-24-8-10-26(11-9-24)28-14-27-15-34(47-4)35(16-31(27)41-21-38(3,18-28)42-23-44)48-22-39-19-40(39,20-39)37(46)43-13-12-29-32(43)17-33(45)30-7-5-6-25(2)36(29)30/h5-11,14-17,21,23,45H,12-13,18-20,22H2,1-4H3,(H,42,44). The van der Waals surface area contributed by atoms with Crippen LogP contribution in [0, 0.1) is 24.7 Å². The molecule has 48 heavy (non-hydrogen) atoms. The molecule has 2 aliphatic heterocycles. The molecule has 8 heteroatoms. The molecule has 2 saturated carbocycles. The van der Waals surface area contributed by atoms with Gasteiger partial charge in [0.05, 0.1) is 36.0 Å². The molecular weight excluding hydrogens is 602 g/mol. The number of benzene rings is 4. The van der Waals surface area contributed by atoms with Gasteiger partial charge in [-0.25, -0.2) is 0 Å². The van der Waals surface area contributed by atoms with Crippen LogP contribution in [0.25, 0.3) is 22.4 Å². The van der Waals surface area contributed by atoms with Crippen molar-refractivity contribution in [2.45, 2.75) is 52.0 Å². The number of carbonyl (C=O) groups is 2. The Morgan fingerprint density at radius 3 is 2.62 bits per heavy atom. The van der Waals surface area contributed by atoms with Gasteiger partial charge in [-0.15, -0.1) is 0 Å². The fourth-order valence-electron chi connectivity index (χ4n) is 7.99. The summed E-state index contributed by atoms with van der Waals surface area (Å²) in [4.78, 5) is 32.3. The molecule has 244 valence electrons. The lowest BCUT2D eigenvalue weighted by Crippen LogP contribution is -2.43. The van der Waals surface area contributed by atoms with E-state index in [2.05, 4.69) is 55.6 Å². The number of methoxy groups -OCH3 is 1. The molecule has 2 aliphatic carbocycles. The number of hydrogen-bond acceptors (Lipinski definition) is 6. The highest BCUT2D eigenvalue weighted by Crippen LogP contribution is 2.86. The van der Waals surface area contributed by atoms with E-state index >= 15 is 0 Å². The lowest BCUT2D eigenvalue weighted by atomic mass is 9.87. The maximum absolute atomic E-state index is 14.1. The molecular formula is C40H39N3O5. The van der Waals surface area contributed by atoms with Gasteiger partial charge in [0, 0.05) is 47.7 Å². The Hall–Kier alpha value is -5.11. The number of aliphatic imine (C=N–C) groups is 1. The molecule has 0 aromatic heterocycles. The average molecular weight is 642 g/mol. The quantitative estimate of drug-likeness (QED) is 0.201. The zero-order valence-corrected chi connectivity index (χ0v) is 27.7. The number of nitrogens with zero attached hydrogens (tertiary/aromatic N) is 2. The lowest BCUT2D eigenvalue weighted by Gasteiger charge is -2.28. The Bertz CT molecular complexity index is 2080. The van der Waals surface area contributed by atoms with Gasteiger partial charge in [0.1, 0.15) is 5.75 Å². The smallest absolute Gasteiger partial charge is 0.233 e. The molecule has 4 aliphatic rings. The molecule has 2 fully saturated rings. The zero-order chi connectivity index (χ0) is 33.4. The first-order valence-electron chi connectivity index (χ1n) is 16.5. The zero-order valence-electron chi connectivity index (χ0n) is 27.7. The molecule has 1 atom stereocenters. The van der Waals surface area contributed by atoms with Crippen molar-refractivity contribution in [1.82, 2.24) is 5.32 Å². The van der Waals surface area contributed by atoms with E-state index in [1.165, 1.54) is 5.56 Å². The lowest BCUT2D eigenvalue weighted by molar-refractivity contribution is -0.121. The van der Waals surface area contributed by atoms with Crippen molar-refractivity contribution >= 4 is 52.3 Å². The number of nitrogens with one attached hydrogen (secondary N) is 1. The van der Waals surface area contributed by atoms with Crippen molar-refractivity contribution in [2.75, 3.05) is 25.2 Å².